The van der Waals surface area contributed by atoms with E-state index in [1.54, 1.807) is 13.0 Å². The van der Waals surface area contributed by atoms with Crippen LogP contribution in [0.3, 0.4) is 0 Å². The lowest BCUT2D eigenvalue weighted by atomic mass is 10.1. The molecule has 0 radical (unpaired) electrons. The molecule has 0 saturated carbocycles. The Morgan fingerprint density at radius 1 is 1.25 bits per heavy atom. The minimum atomic E-state index is -0.515. The molecule has 0 N–H and O–H groups in total. The maximum absolute atomic E-state index is 12.3. The fourth-order valence-corrected chi connectivity index (χ4v) is 2.59. The highest BCUT2D eigenvalue weighted by atomic mass is 16.5. The number of aromatic nitrogens is 1. The third-order valence-electron chi connectivity index (χ3n) is 3.82. The van der Waals surface area contributed by atoms with Gasteiger partial charge in [0, 0.05) is 17.0 Å². The van der Waals surface area contributed by atoms with E-state index in [0.29, 0.717) is 34.6 Å². The van der Waals surface area contributed by atoms with Crippen LogP contribution in [0.25, 0.3) is 11.0 Å². The van der Waals surface area contributed by atoms with E-state index in [1.807, 2.05) is 26.0 Å². The van der Waals surface area contributed by atoms with Gasteiger partial charge in [0.15, 0.2) is 0 Å². The average molecular weight is 327 g/mol. The second kappa shape index (κ2) is 6.31. The SMILES string of the molecule is CCc1noc(C)c1C(=O)OCc1cc(=O)oc2cc(C)ccc12. The first-order valence-electron chi connectivity index (χ1n) is 7.65. The first kappa shape index (κ1) is 16.0. The van der Waals surface area contributed by atoms with Gasteiger partial charge in [-0.1, -0.05) is 24.2 Å². The highest BCUT2D eigenvalue weighted by molar-refractivity contribution is 5.91. The van der Waals surface area contributed by atoms with Gasteiger partial charge in [-0.3, -0.25) is 0 Å². The summed E-state index contributed by atoms with van der Waals surface area (Å²) in [6, 6.07) is 6.87. The van der Waals surface area contributed by atoms with Gasteiger partial charge in [0.25, 0.3) is 0 Å². The van der Waals surface area contributed by atoms with Crippen LogP contribution in [-0.4, -0.2) is 11.1 Å². The van der Waals surface area contributed by atoms with E-state index < -0.39 is 11.6 Å². The Kier molecular flexibility index (Phi) is 4.20. The minimum Gasteiger partial charge on any atom is -0.457 e. The Morgan fingerprint density at radius 3 is 2.79 bits per heavy atom. The first-order valence-corrected chi connectivity index (χ1v) is 7.65. The summed E-state index contributed by atoms with van der Waals surface area (Å²) in [6.07, 6.45) is 0.568. The number of esters is 1. The zero-order chi connectivity index (χ0) is 17.3. The van der Waals surface area contributed by atoms with Crippen LogP contribution in [-0.2, 0) is 17.8 Å². The number of hydrogen-bond donors (Lipinski definition) is 0. The molecule has 0 saturated heterocycles. The molecule has 24 heavy (non-hydrogen) atoms. The Labute approximate surface area is 138 Å². The molecule has 0 spiro atoms. The molecule has 1 aromatic carbocycles. The van der Waals surface area contributed by atoms with Crippen LogP contribution in [0, 0.1) is 13.8 Å². The number of carbonyl (C=O) groups excluding carboxylic acids is 1. The molecule has 0 aliphatic rings. The predicted molar refractivity (Wildman–Crippen MR) is 87.0 cm³/mol. The summed E-state index contributed by atoms with van der Waals surface area (Å²) >= 11 is 0. The number of benzene rings is 1. The number of nitrogens with zero attached hydrogens (tertiary/aromatic N) is 1. The van der Waals surface area contributed by atoms with Gasteiger partial charge in [-0.15, -0.1) is 0 Å². The quantitative estimate of drug-likeness (QED) is 0.540. The standard InChI is InChI=1S/C18H17NO5/c1-4-14-17(11(3)24-19-14)18(21)22-9-12-8-16(20)23-15-7-10(2)5-6-13(12)15/h5-8H,4,9H2,1-3H3. The Balaban J connectivity index is 1.89. The van der Waals surface area contributed by atoms with Crippen molar-refractivity contribution in [3.63, 3.8) is 0 Å². The van der Waals surface area contributed by atoms with E-state index in [2.05, 4.69) is 5.16 Å². The maximum atomic E-state index is 12.3. The fourth-order valence-electron chi connectivity index (χ4n) is 2.59. The highest BCUT2D eigenvalue weighted by Gasteiger charge is 2.21. The van der Waals surface area contributed by atoms with Crippen molar-refractivity contribution in [2.45, 2.75) is 33.8 Å². The second-order valence-corrected chi connectivity index (χ2v) is 5.58. The molecule has 0 atom stereocenters. The zero-order valence-electron chi connectivity index (χ0n) is 13.7. The summed E-state index contributed by atoms with van der Waals surface area (Å²) in [5, 5.41) is 4.58. The highest BCUT2D eigenvalue weighted by Crippen LogP contribution is 2.21. The summed E-state index contributed by atoms with van der Waals surface area (Å²) in [4.78, 5) is 24.0. The zero-order valence-corrected chi connectivity index (χ0v) is 13.7. The summed E-state index contributed by atoms with van der Waals surface area (Å²) in [5.41, 5.74) is 2.49. The smallest absolute Gasteiger partial charge is 0.344 e. The lowest BCUT2D eigenvalue weighted by Gasteiger charge is -2.07. The number of hydrogen-bond acceptors (Lipinski definition) is 6. The Hall–Kier alpha value is -2.89. The van der Waals surface area contributed by atoms with Crippen LogP contribution < -0.4 is 5.63 Å². The van der Waals surface area contributed by atoms with E-state index >= 15 is 0 Å². The number of fused-ring (bicyclic) bond motifs is 1. The van der Waals surface area contributed by atoms with Crippen molar-refractivity contribution in [1.82, 2.24) is 5.16 Å². The van der Waals surface area contributed by atoms with Crippen LogP contribution >= 0.6 is 0 Å². The van der Waals surface area contributed by atoms with Crippen molar-refractivity contribution in [2.24, 2.45) is 0 Å². The van der Waals surface area contributed by atoms with Gasteiger partial charge in [0.1, 0.15) is 23.5 Å². The fraction of sp³-hybridized carbons (Fsp3) is 0.278. The largest absolute Gasteiger partial charge is 0.457 e. The third kappa shape index (κ3) is 2.95. The Bertz CT molecular complexity index is 967. The minimum absolute atomic E-state index is 0.0300. The van der Waals surface area contributed by atoms with Crippen LogP contribution in [0.1, 0.15) is 39.9 Å². The topological polar surface area (TPSA) is 82.5 Å². The Morgan fingerprint density at radius 2 is 2.04 bits per heavy atom. The van der Waals surface area contributed by atoms with Crippen LogP contribution in [0.5, 0.6) is 0 Å². The summed E-state index contributed by atoms with van der Waals surface area (Å²) in [7, 11) is 0. The molecule has 0 amide bonds. The molecule has 0 unspecified atom stereocenters. The van der Waals surface area contributed by atoms with E-state index in [1.165, 1.54) is 6.07 Å². The number of rotatable bonds is 4. The van der Waals surface area contributed by atoms with Gasteiger partial charge in [0.2, 0.25) is 0 Å². The predicted octanol–water partition coefficient (Wildman–Crippen LogP) is 3.32. The lowest BCUT2D eigenvalue weighted by Crippen LogP contribution is -2.10. The molecular weight excluding hydrogens is 310 g/mol. The normalized spacial score (nSPS) is 11.0. The van der Waals surface area contributed by atoms with E-state index in [9.17, 15) is 9.59 Å². The molecule has 2 heterocycles. The molecule has 3 rings (SSSR count). The molecule has 124 valence electrons. The molecule has 3 aromatic rings. The third-order valence-corrected chi connectivity index (χ3v) is 3.82. The van der Waals surface area contributed by atoms with Gasteiger partial charge in [-0.2, -0.15) is 0 Å². The van der Waals surface area contributed by atoms with E-state index in [4.69, 9.17) is 13.7 Å². The van der Waals surface area contributed by atoms with Crippen LogP contribution in [0.2, 0.25) is 0 Å². The molecule has 0 fully saturated rings. The van der Waals surface area contributed by atoms with E-state index in [0.717, 1.165) is 10.9 Å². The number of carbonyl (C=O) groups is 1. The van der Waals surface area contributed by atoms with E-state index in [-0.39, 0.29) is 6.61 Å². The molecule has 2 aromatic heterocycles. The maximum Gasteiger partial charge on any atom is 0.344 e. The number of aryl methyl sites for hydroxylation is 3. The van der Waals surface area contributed by atoms with Gasteiger partial charge in [-0.05, 0) is 31.9 Å². The van der Waals surface area contributed by atoms with Crippen molar-refractivity contribution in [3.8, 4) is 0 Å². The van der Waals surface area contributed by atoms with Crippen molar-refractivity contribution in [2.75, 3.05) is 0 Å². The molecule has 0 bridgehead atoms. The molecule has 6 heteroatoms. The average Bonchev–Trinajstić information content (AvgIpc) is 2.92. The van der Waals surface area contributed by atoms with Crippen LogP contribution in [0.15, 0.2) is 38.0 Å². The molecule has 0 aliphatic heterocycles. The van der Waals surface area contributed by atoms with Crippen molar-refractivity contribution < 1.29 is 18.5 Å². The van der Waals surface area contributed by atoms with Gasteiger partial charge in [0.05, 0.1) is 5.69 Å². The first-order chi connectivity index (χ1) is 11.5. The number of ether oxygens (including phenoxy) is 1. The van der Waals surface area contributed by atoms with Gasteiger partial charge < -0.3 is 13.7 Å². The van der Waals surface area contributed by atoms with Crippen molar-refractivity contribution in [3.05, 3.63) is 62.8 Å². The molecule has 6 nitrogen and oxygen atoms in total. The second-order valence-electron chi connectivity index (χ2n) is 5.58. The summed E-state index contributed by atoms with van der Waals surface area (Å²) < 4.78 is 15.6. The summed E-state index contributed by atoms with van der Waals surface area (Å²) in [6.45, 7) is 5.43. The van der Waals surface area contributed by atoms with Gasteiger partial charge >= 0.3 is 11.6 Å². The molecular formula is C18H17NO5. The van der Waals surface area contributed by atoms with Gasteiger partial charge in [-0.25, -0.2) is 9.59 Å². The monoisotopic (exact) mass is 327 g/mol. The van der Waals surface area contributed by atoms with Crippen molar-refractivity contribution >= 4 is 16.9 Å². The molecule has 0 aliphatic carbocycles. The lowest BCUT2D eigenvalue weighted by molar-refractivity contribution is 0.0470. The summed E-state index contributed by atoms with van der Waals surface area (Å²) in [5.74, 6) is -0.0935. The van der Waals surface area contributed by atoms with Crippen molar-refractivity contribution in [1.29, 1.82) is 0 Å². The van der Waals surface area contributed by atoms with Crippen LogP contribution in [0.4, 0.5) is 0 Å².